The molecule has 1 aromatic heterocycles. The topological polar surface area (TPSA) is 89.7 Å². The van der Waals surface area contributed by atoms with E-state index in [1.165, 1.54) is 18.2 Å². The van der Waals surface area contributed by atoms with Crippen LogP contribution in [0.4, 0.5) is 5.69 Å². The molecule has 0 saturated heterocycles. The van der Waals surface area contributed by atoms with E-state index >= 15 is 0 Å². The number of rotatable bonds is 5. The van der Waals surface area contributed by atoms with E-state index in [-0.39, 0.29) is 29.2 Å². The van der Waals surface area contributed by atoms with Crippen molar-refractivity contribution in [1.82, 2.24) is 4.98 Å². The van der Waals surface area contributed by atoms with Gasteiger partial charge in [0.25, 0.3) is 11.8 Å². The lowest BCUT2D eigenvalue weighted by Crippen LogP contribution is -2.30. The van der Waals surface area contributed by atoms with Crippen molar-refractivity contribution in [2.45, 2.75) is 20.5 Å². The summed E-state index contributed by atoms with van der Waals surface area (Å²) in [5, 5.41) is 0. The van der Waals surface area contributed by atoms with Gasteiger partial charge in [-0.3, -0.25) is 9.59 Å². The number of esters is 1. The molecule has 0 atom stereocenters. The largest absolute Gasteiger partial charge is 0.452 e. The molecule has 1 aliphatic rings. The third-order valence-electron chi connectivity index (χ3n) is 5.67. The molecule has 0 bridgehead atoms. The zero-order chi connectivity index (χ0) is 23.8. The zero-order valence-corrected chi connectivity index (χ0v) is 18.6. The molecule has 0 fully saturated rings. The molecule has 0 radical (unpaired) electrons. The highest BCUT2D eigenvalue weighted by Crippen LogP contribution is 2.32. The molecule has 2 heterocycles. The number of imide groups is 1. The first-order chi connectivity index (χ1) is 16.4. The zero-order valence-electron chi connectivity index (χ0n) is 18.6. The molecule has 34 heavy (non-hydrogen) atoms. The number of ether oxygens (including phenoxy) is 1. The van der Waals surface area contributed by atoms with Gasteiger partial charge >= 0.3 is 5.97 Å². The molecule has 0 spiro atoms. The maximum Gasteiger partial charge on any atom is 0.338 e. The fourth-order valence-corrected chi connectivity index (χ4v) is 3.87. The number of aromatic nitrogens is 1. The molecular weight excluding hydrogens is 432 g/mol. The van der Waals surface area contributed by atoms with Crippen LogP contribution in [0.5, 0.6) is 0 Å². The molecule has 0 aliphatic carbocycles. The highest BCUT2D eigenvalue weighted by atomic mass is 16.5. The number of carbonyl (C=O) groups excluding carboxylic acids is 3. The Bertz CT molecular complexity index is 1440. The molecular formula is C27H20N2O5. The quantitative estimate of drug-likeness (QED) is 0.309. The minimum atomic E-state index is -0.646. The number of hydrogen-bond acceptors (Lipinski definition) is 6. The predicted octanol–water partition coefficient (Wildman–Crippen LogP) is 5.12. The Morgan fingerprint density at radius 2 is 1.71 bits per heavy atom. The average Bonchev–Trinajstić information content (AvgIpc) is 3.42. The van der Waals surface area contributed by atoms with Gasteiger partial charge in [-0.05, 0) is 49.2 Å². The van der Waals surface area contributed by atoms with Gasteiger partial charge in [0.05, 0.1) is 28.6 Å². The van der Waals surface area contributed by atoms with Crippen LogP contribution in [0.2, 0.25) is 0 Å². The minimum Gasteiger partial charge on any atom is -0.452 e. The van der Waals surface area contributed by atoms with Crippen LogP contribution in [0.3, 0.4) is 0 Å². The van der Waals surface area contributed by atoms with E-state index < -0.39 is 17.8 Å². The third kappa shape index (κ3) is 3.77. The number of aryl methyl sites for hydroxylation is 2. The summed E-state index contributed by atoms with van der Waals surface area (Å²) in [7, 11) is 0. The first-order valence-corrected chi connectivity index (χ1v) is 10.7. The molecule has 0 N–H and O–H groups in total. The van der Waals surface area contributed by atoms with Gasteiger partial charge in [0.15, 0.2) is 12.4 Å². The van der Waals surface area contributed by atoms with Gasteiger partial charge < -0.3 is 9.15 Å². The lowest BCUT2D eigenvalue weighted by molar-refractivity contribution is 0.0438. The van der Waals surface area contributed by atoms with E-state index in [2.05, 4.69) is 4.98 Å². The van der Waals surface area contributed by atoms with Gasteiger partial charge in [-0.1, -0.05) is 42.5 Å². The lowest BCUT2D eigenvalue weighted by Gasteiger charge is -2.17. The summed E-state index contributed by atoms with van der Waals surface area (Å²) in [6.07, 6.45) is 1.57. The number of amides is 2. The molecule has 4 aromatic rings. The SMILES string of the molecule is Cc1ccc(C)c(N2C(=O)c3ccc(C(=O)OCc4ncc(-c5ccccc5)o4)cc3C2=O)c1. The van der Waals surface area contributed by atoms with Gasteiger partial charge in [0, 0.05) is 5.56 Å². The molecule has 0 unspecified atom stereocenters. The van der Waals surface area contributed by atoms with Crippen LogP contribution < -0.4 is 4.90 Å². The van der Waals surface area contributed by atoms with Crippen molar-refractivity contribution in [2.75, 3.05) is 4.90 Å². The summed E-state index contributed by atoms with van der Waals surface area (Å²) in [4.78, 5) is 44.0. The van der Waals surface area contributed by atoms with Crippen molar-refractivity contribution in [3.8, 4) is 11.3 Å². The summed E-state index contributed by atoms with van der Waals surface area (Å²) in [6, 6.07) is 19.4. The predicted molar refractivity (Wildman–Crippen MR) is 125 cm³/mol. The second-order valence-corrected chi connectivity index (χ2v) is 8.06. The first-order valence-electron chi connectivity index (χ1n) is 10.7. The number of oxazole rings is 1. The minimum absolute atomic E-state index is 0.162. The standard InChI is InChI=1S/C27H20N2O5/c1-16-8-9-17(2)22(12-16)29-25(30)20-11-10-19(13-21(20)26(29)31)27(32)33-15-24-28-14-23(34-24)18-6-4-3-5-7-18/h3-14H,15H2,1-2H3. The molecule has 5 rings (SSSR count). The fourth-order valence-electron chi connectivity index (χ4n) is 3.87. The van der Waals surface area contributed by atoms with Crippen LogP contribution in [0, 0.1) is 13.8 Å². The summed E-state index contributed by atoms with van der Waals surface area (Å²) in [5.41, 5.74) is 3.73. The Morgan fingerprint density at radius 3 is 2.50 bits per heavy atom. The third-order valence-corrected chi connectivity index (χ3v) is 5.67. The highest BCUT2D eigenvalue weighted by Gasteiger charge is 2.38. The fraction of sp³-hybridized carbons (Fsp3) is 0.111. The molecule has 168 valence electrons. The molecule has 7 nitrogen and oxygen atoms in total. The average molecular weight is 452 g/mol. The van der Waals surface area contributed by atoms with Gasteiger partial charge in [-0.25, -0.2) is 14.7 Å². The van der Waals surface area contributed by atoms with E-state index in [0.717, 1.165) is 21.6 Å². The Morgan fingerprint density at radius 1 is 0.941 bits per heavy atom. The smallest absolute Gasteiger partial charge is 0.338 e. The van der Waals surface area contributed by atoms with E-state index in [1.807, 2.05) is 56.3 Å². The number of carbonyl (C=O) groups is 3. The second-order valence-electron chi connectivity index (χ2n) is 8.06. The van der Waals surface area contributed by atoms with Crippen LogP contribution in [-0.2, 0) is 11.3 Å². The van der Waals surface area contributed by atoms with Crippen LogP contribution >= 0.6 is 0 Å². The van der Waals surface area contributed by atoms with Crippen LogP contribution in [0.25, 0.3) is 11.3 Å². The normalized spacial score (nSPS) is 12.7. The Balaban J connectivity index is 1.33. The van der Waals surface area contributed by atoms with Crippen molar-refractivity contribution >= 4 is 23.5 Å². The van der Waals surface area contributed by atoms with Crippen LogP contribution in [-0.4, -0.2) is 22.8 Å². The van der Waals surface area contributed by atoms with E-state index in [0.29, 0.717) is 11.4 Å². The van der Waals surface area contributed by atoms with E-state index in [9.17, 15) is 14.4 Å². The van der Waals surface area contributed by atoms with E-state index in [1.54, 1.807) is 12.3 Å². The molecule has 1 aliphatic heterocycles. The van der Waals surface area contributed by atoms with Crippen molar-refractivity contribution in [1.29, 1.82) is 0 Å². The molecule has 0 saturated carbocycles. The number of anilines is 1. The Labute approximate surface area is 195 Å². The number of benzene rings is 3. The van der Waals surface area contributed by atoms with Gasteiger partial charge in [-0.15, -0.1) is 0 Å². The van der Waals surface area contributed by atoms with Gasteiger partial charge in [0.1, 0.15) is 0 Å². The first kappa shape index (κ1) is 21.3. The monoisotopic (exact) mass is 452 g/mol. The number of fused-ring (bicyclic) bond motifs is 1. The summed E-state index contributed by atoms with van der Waals surface area (Å²) in [6.45, 7) is 3.57. The van der Waals surface area contributed by atoms with Gasteiger partial charge in [-0.2, -0.15) is 0 Å². The van der Waals surface area contributed by atoms with Crippen molar-refractivity contribution in [3.63, 3.8) is 0 Å². The van der Waals surface area contributed by atoms with E-state index in [4.69, 9.17) is 9.15 Å². The lowest BCUT2D eigenvalue weighted by atomic mass is 10.1. The second kappa shape index (κ2) is 8.44. The van der Waals surface area contributed by atoms with Gasteiger partial charge in [0.2, 0.25) is 5.89 Å². The summed E-state index contributed by atoms with van der Waals surface area (Å²) < 4.78 is 11.0. The highest BCUT2D eigenvalue weighted by molar-refractivity contribution is 6.35. The van der Waals surface area contributed by atoms with Crippen molar-refractivity contribution < 1.29 is 23.5 Å². The van der Waals surface area contributed by atoms with Crippen molar-refractivity contribution in [3.05, 3.63) is 107 Å². The maximum atomic E-state index is 13.1. The van der Waals surface area contributed by atoms with Crippen molar-refractivity contribution in [2.24, 2.45) is 0 Å². The van der Waals surface area contributed by atoms with Crippen LogP contribution in [0.1, 0.15) is 48.1 Å². The molecule has 2 amide bonds. The number of nitrogens with zero attached hydrogens (tertiary/aromatic N) is 2. The summed E-state index contributed by atoms with van der Waals surface area (Å²) >= 11 is 0. The Kier molecular flexibility index (Phi) is 5.30. The summed E-state index contributed by atoms with van der Waals surface area (Å²) in [5.74, 6) is -0.710. The molecule has 3 aromatic carbocycles. The molecule has 7 heteroatoms. The number of hydrogen-bond donors (Lipinski definition) is 0. The Hall–Kier alpha value is -4.52. The van der Waals surface area contributed by atoms with Crippen LogP contribution in [0.15, 0.2) is 77.3 Å². The maximum absolute atomic E-state index is 13.1.